The van der Waals surface area contributed by atoms with Gasteiger partial charge < -0.3 is 15.8 Å². The molecule has 4 aromatic heterocycles. The van der Waals surface area contributed by atoms with Crippen molar-refractivity contribution in [3.8, 4) is 22.5 Å². The van der Waals surface area contributed by atoms with Crippen molar-refractivity contribution in [1.82, 2.24) is 19.9 Å². The van der Waals surface area contributed by atoms with Crippen LogP contribution in [0.3, 0.4) is 0 Å². The zero-order valence-electron chi connectivity index (χ0n) is 19.5. The second-order valence-corrected chi connectivity index (χ2v) is 8.79. The van der Waals surface area contributed by atoms with Crippen LogP contribution in [0.4, 0.5) is 38.0 Å². The van der Waals surface area contributed by atoms with Crippen molar-refractivity contribution in [1.29, 1.82) is 0 Å². The molecular weight excluding hydrogens is 522 g/mol. The third kappa shape index (κ3) is 5.44. The molecule has 4 heterocycles. The third-order valence-electron chi connectivity index (χ3n) is 5.24. The minimum absolute atomic E-state index is 0.0743. The van der Waals surface area contributed by atoms with Crippen molar-refractivity contribution in [2.75, 3.05) is 24.7 Å². The molecule has 0 aliphatic rings. The average Bonchev–Trinajstić information content (AvgIpc) is 3.31. The van der Waals surface area contributed by atoms with Crippen LogP contribution in [0.2, 0.25) is 0 Å². The summed E-state index contributed by atoms with van der Waals surface area (Å²) in [5, 5.41) is 2.85. The fourth-order valence-corrected chi connectivity index (χ4v) is 4.46. The van der Waals surface area contributed by atoms with Gasteiger partial charge in [-0.3, -0.25) is 0 Å². The van der Waals surface area contributed by atoms with E-state index in [1.54, 1.807) is 6.92 Å². The van der Waals surface area contributed by atoms with Crippen LogP contribution in [0.1, 0.15) is 29.5 Å². The molecule has 3 N–H and O–H groups in total. The normalized spacial score (nSPS) is 12.3. The summed E-state index contributed by atoms with van der Waals surface area (Å²) in [6.07, 6.45) is -8.91. The van der Waals surface area contributed by atoms with Crippen LogP contribution in [-0.2, 0) is 23.7 Å². The van der Waals surface area contributed by atoms with Gasteiger partial charge in [0.2, 0.25) is 0 Å². The van der Waals surface area contributed by atoms with Gasteiger partial charge in [-0.15, -0.1) is 11.3 Å². The van der Waals surface area contributed by atoms with Gasteiger partial charge in [-0.25, -0.2) is 19.9 Å². The van der Waals surface area contributed by atoms with Gasteiger partial charge in [0.15, 0.2) is 5.65 Å². The number of alkyl halides is 6. The van der Waals surface area contributed by atoms with Crippen molar-refractivity contribution in [2.24, 2.45) is 0 Å². The second kappa shape index (κ2) is 10.1. The summed E-state index contributed by atoms with van der Waals surface area (Å²) in [4.78, 5) is 15.3. The Bertz CT molecular complexity index is 1440. The molecule has 0 atom stereocenters. The highest BCUT2D eigenvalue weighted by Crippen LogP contribution is 2.44. The van der Waals surface area contributed by atoms with Crippen LogP contribution in [0, 0.1) is 0 Å². The van der Waals surface area contributed by atoms with Gasteiger partial charge in [0, 0.05) is 24.6 Å². The lowest BCUT2D eigenvalue weighted by molar-refractivity contribution is -0.136. The van der Waals surface area contributed by atoms with Crippen LogP contribution in [0.25, 0.3) is 33.5 Å². The number of fused-ring (bicyclic) bond motifs is 1. The predicted molar refractivity (Wildman–Crippen MR) is 128 cm³/mol. The Hall–Kier alpha value is -3.52. The highest BCUT2D eigenvalue weighted by molar-refractivity contribution is 7.10. The van der Waals surface area contributed by atoms with E-state index in [1.165, 1.54) is 25.3 Å². The van der Waals surface area contributed by atoms with Crippen molar-refractivity contribution in [2.45, 2.75) is 32.3 Å². The van der Waals surface area contributed by atoms with Gasteiger partial charge in [-0.05, 0) is 36.2 Å². The number of anilines is 2. The van der Waals surface area contributed by atoms with Gasteiger partial charge in [-0.1, -0.05) is 6.92 Å². The van der Waals surface area contributed by atoms with Crippen LogP contribution in [-0.4, -0.2) is 33.6 Å². The molecular formula is C23H20F6N6OS. The van der Waals surface area contributed by atoms with Gasteiger partial charge >= 0.3 is 12.4 Å². The van der Waals surface area contributed by atoms with Crippen molar-refractivity contribution in [3.05, 3.63) is 45.9 Å². The number of hydrogen-bond donors (Lipinski definition) is 2. The summed E-state index contributed by atoms with van der Waals surface area (Å²) in [7, 11) is 1.37. The lowest BCUT2D eigenvalue weighted by Crippen LogP contribution is -2.16. The molecule has 0 aliphatic heterocycles. The predicted octanol–water partition coefficient (Wildman–Crippen LogP) is 6.40. The highest BCUT2D eigenvalue weighted by Gasteiger charge is 2.39. The van der Waals surface area contributed by atoms with Gasteiger partial charge in [0.25, 0.3) is 0 Å². The first kappa shape index (κ1) is 26.5. The number of methoxy groups -OCH3 is 1. The molecule has 7 nitrogen and oxygen atoms in total. The molecule has 14 heteroatoms. The Balaban J connectivity index is 2.00. The molecule has 0 aliphatic carbocycles. The molecule has 0 spiro atoms. The number of thiazole rings is 1. The van der Waals surface area contributed by atoms with Crippen LogP contribution in [0.15, 0.2) is 29.8 Å². The number of nitrogens with one attached hydrogen (secondary N) is 1. The van der Waals surface area contributed by atoms with E-state index in [0.29, 0.717) is 17.8 Å². The van der Waals surface area contributed by atoms with E-state index >= 15 is 0 Å². The van der Waals surface area contributed by atoms with Gasteiger partial charge in [0.1, 0.15) is 27.8 Å². The Labute approximate surface area is 210 Å². The van der Waals surface area contributed by atoms with Crippen molar-refractivity contribution in [3.63, 3.8) is 0 Å². The minimum atomic E-state index is -4.81. The molecule has 0 saturated heterocycles. The summed E-state index contributed by atoms with van der Waals surface area (Å²) >= 11 is 0.413. The maximum atomic E-state index is 14.3. The van der Waals surface area contributed by atoms with E-state index in [0.717, 1.165) is 11.6 Å². The lowest BCUT2D eigenvalue weighted by atomic mass is 9.96. The largest absolute Gasteiger partial charge is 0.427 e. The van der Waals surface area contributed by atoms with Gasteiger partial charge in [-0.2, -0.15) is 26.3 Å². The zero-order chi connectivity index (χ0) is 27.0. The summed E-state index contributed by atoms with van der Waals surface area (Å²) in [5.74, 6) is -0.578. The molecule has 0 bridgehead atoms. The Kier molecular flexibility index (Phi) is 7.24. The van der Waals surface area contributed by atoms with E-state index in [2.05, 4.69) is 25.3 Å². The lowest BCUT2D eigenvalue weighted by Gasteiger charge is -2.20. The fourth-order valence-electron chi connectivity index (χ4n) is 3.80. The van der Waals surface area contributed by atoms with Crippen molar-refractivity contribution < 1.29 is 31.1 Å². The van der Waals surface area contributed by atoms with E-state index in [1.807, 2.05) is 0 Å². The number of hydrogen-bond acceptors (Lipinski definition) is 8. The highest BCUT2D eigenvalue weighted by atomic mass is 32.1. The monoisotopic (exact) mass is 542 g/mol. The topological polar surface area (TPSA) is 98.8 Å². The smallest absolute Gasteiger partial charge is 0.384 e. The Morgan fingerprint density at radius 1 is 1.00 bits per heavy atom. The first-order valence-corrected chi connectivity index (χ1v) is 11.7. The van der Waals surface area contributed by atoms with Crippen LogP contribution < -0.4 is 11.1 Å². The van der Waals surface area contributed by atoms with Crippen molar-refractivity contribution >= 4 is 34.0 Å². The number of halogens is 6. The molecule has 37 heavy (non-hydrogen) atoms. The maximum Gasteiger partial charge on any atom is 0.427 e. The fraction of sp³-hybridized carbons (Fsp3) is 0.304. The van der Waals surface area contributed by atoms with E-state index in [-0.39, 0.29) is 52.5 Å². The number of nitrogen functional groups attached to an aromatic ring is 1. The number of ether oxygens (including phenoxy) is 1. The van der Waals surface area contributed by atoms with E-state index in [9.17, 15) is 26.3 Å². The molecule has 0 radical (unpaired) electrons. The quantitative estimate of drug-likeness (QED) is 0.261. The first-order chi connectivity index (χ1) is 17.4. The molecule has 196 valence electrons. The first-order valence-electron chi connectivity index (χ1n) is 10.9. The Morgan fingerprint density at radius 3 is 2.41 bits per heavy atom. The van der Waals surface area contributed by atoms with E-state index in [4.69, 9.17) is 10.5 Å². The summed E-state index contributed by atoms with van der Waals surface area (Å²) in [6, 6.07) is 5.14. The molecule has 4 aromatic rings. The summed E-state index contributed by atoms with van der Waals surface area (Å²) < 4.78 is 88.4. The summed E-state index contributed by atoms with van der Waals surface area (Å²) in [5.41, 5.74) is 5.32. The van der Waals surface area contributed by atoms with Gasteiger partial charge in [0.05, 0.1) is 23.5 Å². The van der Waals surface area contributed by atoms with Crippen LogP contribution in [0.5, 0.6) is 0 Å². The molecule has 4 rings (SSSR count). The standard InChI is InChI=1S/C23H20F6N6OS/c1-3-6-31-21-17(22(24,25)26)14(8-16(30)35-21)13-7-11(9-36-2)33-20-12(13)4-5-15(34-20)18-19(23(27,28)29)37-10-32-18/h4-5,7-8,10H,3,6,9H2,1-2H3,(H3,30,31,35). The second-order valence-electron chi connectivity index (χ2n) is 7.93. The number of pyridine rings is 3. The minimum Gasteiger partial charge on any atom is -0.384 e. The number of nitrogens with zero attached hydrogens (tertiary/aromatic N) is 4. The molecule has 0 saturated carbocycles. The maximum absolute atomic E-state index is 14.3. The average molecular weight is 543 g/mol. The zero-order valence-corrected chi connectivity index (χ0v) is 20.3. The Morgan fingerprint density at radius 2 is 1.76 bits per heavy atom. The summed E-state index contributed by atoms with van der Waals surface area (Å²) in [6.45, 7) is 1.93. The SMILES string of the molecule is CCCNc1nc(N)cc(-c2cc(COC)nc3nc(-c4ncsc4C(F)(F)F)ccc23)c1C(F)(F)F. The molecule has 0 aromatic carbocycles. The van der Waals surface area contributed by atoms with Crippen LogP contribution >= 0.6 is 11.3 Å². The number of nitrogens with two attached hydrogens (primary N) is 1. The molecule has 0 fully saturated rings. The molecule has 0 unspecified atom stereocenters. The van der Waals surface area contributed by atoms with E-state index < -0.39 is 34.3 Å². The number of aromatic nitrogens is 4. The third-order valence-corrected chi connectivity index (χ3v) is 6.11. The number of rotatable bonds is 7. The molecule has 0 amide bonds.